The molecule has 0 spiro atoms. The maximum absolute atomic E-state index is 12.8. The molecule has 0 unspecified atom stereocenters. The van der Waals surface area contributed by atoms with E-state index in [4.69, 9.17) is 25.8 Å². The van der Waals surface area contributed by atoms with Crippen LogP contribution in [0, 0.1) is 0 Å². The van der Waals surface area contributed by atoms with E-state index in [1.165, 1.54) is 30.9 Å². The van der Waals surface area contributed by atoms with E-state index in [0.29, 0.717) is 44.9 Å². The van der Waals surface area contributed by atoms with Crippen molar-refractivity contribution in [1.82, 2.24) is 9.38 Å². The summed E-state index contributed by atoms with van der Waals surface area (Å²) < 4.78 is 17.7. The summed E-state index contributed by atoms with van der Waals surface area (Å²) in [5, 5.41) is 3.28. The van der Waals surface area contributed by atoms with Crippen LogP contribution in [0.4, 0.5) is 5.69 Å². The van der Waals surface area contributed by atoms with Crippen LogP contribution in [0.5, 0.6) is 17.2 Å². The number of amides is 1. The summed E-state index contributed by atoms with van der Waals surface area (Å²) in [5.41, 5.74) is 1.51. The Kier molecular flexibility index (Phi) is 6.46. The molecule has 1 N–H and O–H groups in total. The van der Waals surface area contributed by atoms with E-state index in [1.807, 2.05) is 0 Å². The molecule has 1 amide bonds. The summed E-state index contributed by atoms with van der Waals surface area (Å²) in [6, 6.07) is 16.6. The molecule has 0 saturated carbocycles. The molecular formula is C24H20ClN3O5. The topological polar surface area (TPSA) is 91.2 Å². The van der Waals surface area contributed by atoms with Crippen LogP contribution < -0.4 is 25.1 Å². The third-order valence-electron chi connectivity index (χ3n) is 4.83. The highest BCUT2D eigenvalue weighted by atomic mass is 35.5. The second-order valence-electron chi connectivity index (χ2n) is 6.97. The minimum atomic E-state index is -0.342. The van der Waals surface area contributed by atoms with Crippen molar-refractivity contribution in [3.8, 4) is 17.2 Å². The molecule has 0 radical (unpaired) electrons. The van der Waals surface area contributed by atoms with Gasteiger partial charge in [0.15, 0.2) is 11.5 Å². The number of halogens is 1. The summed E-state index contributed by atoms with van der Waals surface area (Å²) in [7, 11) is 3.03. The summed E-state index contributed by atoms with van der Waals surface area (Å²) in [5.74, 6) is 1.07. The molecule has 0 saturated heterocycles. The van der Waals surface area contributed by atoms with Gasteiger partial charge in [-0.1, -0.05) is 23.7 Å². The summed E-state index contributed by atoms with van der Waals surface area (Å²) in [6.07, 6.45) is 1.51. The molecule has 0 bridgehead atoms. The van der Waals surface area contributed by atoms with Gasteiger partial charge in [0.05, 0.1) is 30.6 Å². The molecule has 0 aliphatic rings. The van der Waals surface area contributed by atoms with E-state index in [1.54, 1.807) is 54.6 Å². The molecule has 8 nitrogen and oxygen atoms in total. The lowest BCUT2D eigenvalue weighted by Crippen LogP contribution is -2.16. The number of pyridine rings is 1. The zero-order chi connectivity index (χ0) is 23.4. The van der Waals surface area contributed by atoms with Gasteiger partial charge in [-0.15, -0.1) is 0 Å². The number of nitrogens with one attached hydrogen (secondary N) is 1. The van der Waals surface area contributed by atoms with E-state index >= 15 is 0 Å². The minimum absolute atomic E-state index is 0.0393. The normalized spacial score (nSPS) is 10.6. The van der Waals surface area contributed by atoms with Gasteiger partial charge in [0.25, 0.3) is 11.5 Å². The number of carbonyl (C=O) groups excluding carboxylic acids is 1. The number of ether oxygens (including phenoxy) is 3. The lowest BCUT2D eigenvalue weighted by Gasteiger charge is -2.13. The molecule has 168 valence electrons. The van der Waals surface area contributed by atoms with Crippen molar-refractivity contribution in [2.75, 3.05) is 19.5 Å². The van der Waals surface area contributed by atoms with Crippen molar-refractivity contribution in [3.05, 3.63) is 93.5 Å². The minimum Gasteiger partial charge on any atom is -0.493 e. The molecule has 0 fully saturated rings. The largest absolute Gasteiger partial charge is 0.493 e. The quantitative estimate of drug-likeness (QED) is 0.440. The van der Waals surface area contributed by atoms with Gasteiger partial charge in [-0.25, -0.2) is 4.98 Å². The monoisotopic (exact) mass is 465 g/mol. The van der Waals surface area contributed by atoms with E-state index in [0.717, 1.165) is 0 Å². The number of methoxy groups -OCH3 is 2. The molecule has 0 aliphatic heterocycles. The van der Waals surface area contributed by atoms with Gasteiger partial charge >= 0.3 is 0 Å². The van der Waals surface area contributed by atoms with Gasteiger partial charge in [0, 0.05) is 17.8 Å². The number of hydrogen-bond acceptors (Lipinski definition) is 6. The highest BCUT2D eigenvalue weighted by Gasteiger charge is 2.14. The molecule has 0 aliphatic carbocycles. The Morgan fingerprint density at radius 3 is 2.58 bits per heavy atom. The molecule has 0 atom stereocenters. The maximum atomic E-state index is 12.8. The number of benzene rings is 2. The van der Waals surface area contributed by atoms with E-state index in [2.05, 4.69) is 10.3 Å². The Hall–Kier alpha value is -4.04. The van der Waals surface area contributed by atoms with Crippen molar-refractivity contribution in [3.63, 3.8) is 0 Å². The first-order chi connectivity index (χ1) is 16.0. The molecule has 4 rings (SSSR count). The average molecular weight is 466 g/mol. The molecule has 2 aromatic carbocycles. The number of nitrogens with zero attached hydrogens (tertiary/aromatic N) is 2. The van der Waals surface area contributed by atoms with Crippen molar-refractivity contribution < 1.29 is 19.0 Å². The zero-order valence-corrected chi connectivity index (χ0v) is 18.6. The average Bonchev–Trinajstić information content (AvgIpc) is 2.83. The van der Waals surface area contributed by atoms with Crippen LogP contribution in [-0.2, 0) is 6.61 Å². The second kappa shape index (κ2) is 9.62. The lowest BCUT2D eigenvalue weighted by atomic mass is 10.1. The zero-order valence-electron chi connectivity index (χ0n) is 17.9. The molecule has 2 heterocycles. The van der Waals surface area contributed by atoms with Gasteiger partial charge in [0.1, 0.15) is 18.0 Å². The number of para-hydroxylation sites is 2. The van der Waals surface area contributed by atoms with Gasteiger partial charge < -0.3 is 19.5 Å². The number of carbonyl (C=O) groups is 1. The van der Waals surface area contributed by atoms with Crippen molar-refractivity contribution in [2.24, 2.45) is 0 Å². The summed E-state index contributed by atoms with van der Waals surface area (Å²) in [6.45, 7) is 0.0393. The third kappa shape index (κ3) is 4.91. The number of hydrogen-bond donors (Lipinski definition) is 1. The van der Waals surface area contributed by atoms with Gasteiger partial charge in [-0.3, -0.25) is 14.0 Å². The molecule has 2 aromatic heterocycles. The molecular weight excluding hydrogens is 446 g/mol. The maximum Gasteiger partial charge on any atom is 0.258 e. The Morgan fingerprint density at radius 2 is 1.79 bits per heavy atom. The van der Waals surface area contributed by atoms with Crippen LogP contribution in [-0.4, -0.2) is 29.5 Å². The standard InChI is InChI=1S/C24H20ClN3O5/c1-31-20-9-7-15(11-21(20)32-2)24(30)27-18-5-3-4-6-19(18)33-14-17-12-23(29)28-13-16(25)8-10-22(28)26-17/h3-13H,14H2,1-2H3,(H,27,30). The predicted molar refractivity (Wildman–Crippen MR) is 125 cm³/mol. The molecule has 4 aromatic rings. The van der Waals surface area contributed by atoms with Gasteiger partial charge in [-0.2, -0.15) is 0 Å². The van der Waals surface area contributed by atoms with Crippen molar-refractivity contribution in [2.45, 2.75) is 6.61 Å². The van der Waals surface area contributed by atoms with Crippen LogP contribution in [0.3, 0.4) is 0 Å². The lowest BCUT2D eigenvalue weighted by molar-refractivity contribution is 0.102. The Morgan fingerprint density at radius 1 is 1.00 bits per heavy atom. The Labute approximate surface area is 194 Å². The number of rotatable bonds is 7. The first kappa shape index (κ1) is 22.2. The summed E-state index contributed by atoms with van der Waals surface area (Å²) in [4.78, 5) is 29.6. The predicted octanol–water partition coefficient (Wildman–Crippen LogP) is 4.20. The van der Waals surface area contributed by atoms with Crippen LogP contribution >= 0.6 is 11.6 Å². The van der Waals surface area contributed by atoms with Crippen LogP contribution in [0.25, 0.3) is 5.65 Å². The number of aromatic nitrogens is 2. The fraction of sp³-hybridized carbons (Fsp3) is 0.125. The fourth-order valence-electron chi connectivity index (χ4n) is 3.22. The smallest absolute Gasteiger partial charge is 0.258 e. The first-order valence-electron chi connectivity index (χ1n) is 9.91. The van der Waals surface area contributed by atoms with E-state index in [9.17, 15) is 9.59 Å². The Balaban J connectivity index is 1.52. The number of fused-ring (bicyclic) bond motifs is 1. The molecule has 9 heteroatoms. The highest BCUT2D eigenvalue weighted by Crippen LogP contribution is 2.29. The highest BCUT2D eigenvalue weighted by molar-refractivity contribution is 6.30. The van der Waals surface area contributed by atoms with Crippen LogP contribution in [0.1, 0.15) is 16.1 Å². The Bertz CT molecular complexity index is 1390. The van der Waals surface area contributed by atoms with E-state index < -0.39 is 0 Å². The number of anilines is 1. The second-order valence-corrected chi connectivity index (χ2v) is 7.41. The fourth-order valence-corrected chi connectivity index (χ4v) is 3.38. The van der Waals surface area contributed by atoms with Gasteiger partial charge in [0.2, 0.25) is 0 Å². The van der Waals surface area contributed by atoms with Crippen molar-refractivity contribution >= 4 is 28.8 Å². The van der Waals surface area contributed by atoms with Crippen LogP contribution in [0.2, 0.25) is 5.02 Å². The van der Waals surface area contributed by atoms with Crippen molar-refractivity contribution in [1.29, 1.82) is 0 Å². The third-order valence-corrected chi connectivity index (χ3v) is 5.06. The first-order valence-corrected chi connectivity index (χ1v) is 10.3. The van der Waals surface area contributed by atoms with Crippen LogP contribution in [0.15, 0.2) is 71.7 Å². The SMILES string of the molecule is COc1ccc(C(=O)Nc2ccccc2OCc2cc(=O)n3cc(Cl)ccc3n2)cc1OC. The summed E-state index contributed by atoms with van der Waals surface area (Å²) >= 11 is 5.95. The van der Waals surface area contributed by atoms with E-state index in [-0.39, 0.29) is 18.1 Å². The molecule has 33 heavy (non-hydrogen) atoms. The van der Waals surface area contributed by atoms with Gasteiger partial charge in [-0.05, 0) is 42.5 Å².